The second-order valence-corrected chi connectivity index (χ2v) is 8.03. The van der Waals surface area contributed by atoms with Crippen LogP contribution in [0.4, 0.5) is 0 Å². The Morgan fingerprint density at radius 1 is 1.38 bits per heavy atom. The highest BCUT2D eigenvalue weighted by Crippen LogP contribution is 2.37. The van der Waals surface area contributed by atoms with Crippen molar-refractivity contribution >= 4 is 15.9 Å². The van der Waals surface area contributed by atoms with Crippen LogP contribution in [0.2, 0.25) is 0 Å². The third kappa shape index (κ3) is 2.98. The fraction of sp³-hybridized carbons (Fsp3) is 0.643. The number of amides is 1. The number of carbonyl (C=O) groups excluding carboxylic acids is 1. The predicted octanol–water partition coefficient (Wildman–Crippen LogP) is 1.53. The molecule has 3 N–H and O–H groups in total. The molecule has 0 spiro atoms. The average molecular weight is 311 g/mol. The molecule has 7 heteroatoms. The summed E-state index contributed by atoms with van der Waals surface area (Å²) in [5.41, 5.74) is 0.215. The SMILES string of the molecule is CC1(NC(=O)c2cc(S(N)(=O)=O)cn2C2CC2)CCCC1. The molecule has 0 saturated heterocycles. The number of rotatable bonds is 4. The van der Waals surface area contributed by atoms with Gasteiger partial charge in [-0.2, -0.15) is 0 Å². The Hall–Kier alpha value is -1.34. The van der Waals surface area contributed by atoms with Crippen molar-refractivity contribution in [2.24, 2.45) is 5.14 Å². The van der Waals surface area contributed by atoms with Gasteiger partial charge in [0, 0.05) is 17.8 Å². The van der Waals surface area contributed by atoms with Crippen molar-refractivity contribution in [3.05, 3.63) is 18.0 Å². The molecule has 0 bridgehead atoms. The quantitative estimate of drug-likeness (QED) is 0.883. The smallest absolute Gasteiger partial charge is 0.268 e. The molecule has 0 aliphatic heterocycles. The van der Waals surface area contributed by atoms with Crippen molar-refractivity contribution in [2.75, 3.05) is 0 Å². The van der Waals surface area contributed by atoms with E-state index in [0.717, 1.165) is 38.5 Å². The fourth-order valence-corrected chi connectivity index (χ4v) is 3.60. The van der Waals surface area contributed by atoms with Crippen LogP contribution >= 0.6 is 0 Å². The number of primary sulfonamides is 1. The number of nitrogens with one attached hydrogen (secondary N) is 1. The van der Waals surface area contributed by atoms with Gasteiger partial charge in [0.15, 0.2) is 0 Å². The average Bonchev–Trinajstić information content (AvgIpc) is 2.96. The molecule has 2 aliphatic rings. The summed E-state index contributed by atoms with van der Waals surface area (Å²) in [5.74, 6) is -0.207. The molecule has 1 amide bonds. The second-order valence-electron chi connectivity index (χ2n) is 6.47. The minimum Gasteiger partial charge on any atom is -0.346 e. The van der Waals surface area contributed by atoms with Gasteiger partial charge in [-0.05, 0) is 38.7 Å². The Labute approximate surface area is 124 Å². The standard InChI is InChI=1S/C14H21N3O3S/c1-14(6-2-3-7-14)16-13(18)12-8-11(21(15,19)20)9-17(12)10-4-5-10/h8-10H,2-7H2,1H3,(H,16,18)(H2,15,19,20). The predicted molar refractivity (Wildman–Crippen MR) is 78.4 cm³/mol. The highest BCUT2D eigenvalue weighted by molar-refractivity contribution is 7.89. The Kier molecular flexibility index (Phi) is 3.37. The maximum absolute atomic E-state index is 12.5. The number of hydrogen-bond acceptors (Lipinski definition) is 3. The van der Waals surface area contributed by atoms with Gasteiger partial charge in [-0.25, -0.2) is 13.6 Å². The summed E-state index contributed by atoms with van der Waals surface area (Å²) in [5, 5.41) is 8.24. The van der Waals surface area contributed by atoms with E-state index in [1.807, 2.05) is 6.92 Å². The molecule has 0 radical (unpaired) electrons. The van der Waals surface area contributed by atoms with E-state index >= 15 is 0 Å². The van der Waals surface area contributed by atoms with Crippen molar-refractivity contribution in [2.45, 2.75) is 61.9 Å². The molecule has 0 aromatic carbocycles. The first kappa shape index (κ1) is 14.6. The van der Waals surface area contributed by atoms with Crippen molar-refractivity contribution in [3.8, 4) is 0 Å². The number of sulfonamides is 1. The van der Waals surface area contributed by atoms with Gasteiger partial charge in [-0.3, -0.25) is 4.79 Å². The third-order valence-electron chi connectivity index (χ3n) is 4.45. The zero-order valence-electron chi connectivity index (χ0n) is 12.1. The topological polar surface area (TPSA) is 94.2 Å². The maximum atomic E-state index is 12.5. The van der Waals surface area contributed by atoms with Crippen molar-refractivity contribution in [1.29, 1.82) is 0 Å². The monoisotopic (exact) mass is 311 g/mol. The lowest BCUT2D eigenvalue weighted by molar-refractivity contribution is 0.0898. The molecule has 1 heterocycles. The van der Waals surface area contributed by atoms with Gasteiger partial charge < -0.3 is 9.88 Å². The first-order chi connectivity index (χ1) is 9.78. The van der Waals surface area contributed by atoms with Gasteiger partial charge in [0.05, 0.1) is 0 Å². The van der Waals surface area contributed by atoms with Crippen LogP contribution in [0.1, 0.15) is 62.0 Å². The Balaban J connectivity index is 1.89. The first-order valence-corrected chi connectivity index (χ1v) is 8.90. The summed E-state index contributed by atoms with van der Waals surface area (Å²) in [7, 11) is -3.79. The van der Waals surface area contributed by atoms with Crippen LogP contribution in [0, 0.1) is 0 Å². The summed E-state index contributed by atoms with van der Waals surface area (Å²) < 4.78 is 24.8. The van der Waals surface area contributed by atoms with Gasteiger partial charge in [-0.15, -0.1) is 0 Å². The normalized spacial score (nSPS) is 21.4. The minimum atomic E-state index is -3.79. The number of nitrogens with zero attached hydrogens (tertiary/aromatic N) is 1. The zero-order valence-corrected chi connectivity index (χ0v) is 12.9. The lowest BCUT2D eigenvalue weighted by Crippen LogP contribution is -2.44. The molecule has 6 nitrogen and oxygen atoms in total. The number of nitrogens with two attached hydrogens (primary N) is 1. The van der Waals surface area contributed by atoms with Crippen LogP contribution in [0.15, 0.2) is 17.2 Å². The fourth-order valence-electron chi connectivity index (χ4n) is 3.06. The molecular formula is C14H21N3O3S. The molecule has 2 fully saturated rings. The van der Waals surface area contributed by atoms with E-state index in [4.69, 9.17) is 5.14 Å². The van der Waals surface area contributed by atoms with Crippen LogP contribution in [0.5, 0.6) is 0 Å². The van der Waals surface area contributed by atoms with E-state index in [2.05, 4.69) is 5.32 Å². The van der Waals surface area contributed by atoms with Crippen LogP contribution in [-0.2, 0) is 10.0 Å². The van der Waals surface area contributed by atoms with Crippen molar-refractivity contribution in [1.82, 2.24) is 9.88 Å². The van der Waals surface area contributed by atoms with E-state index in [-0.39, 0.29) is 22.4 Å². The van der Waals surface area contributed by atoms with E-state index in [1.165, 1.54) is 12.3 Å². The molecular weight excluding hydrogens is 290 g/mol. The highest BCUT2D eigenvalue weighted by Gasteiger charge is 2.34. The molecule has 116 valence electrons. The van der Waals surface area contributed by atoms with Crippen molar-refractivity contribution < 1.29 is 13.2 Å². The van der Waals surface area contributed by atoms with Gasteiger partial charge >= 0.3 is 0 Å². The summed E-state index contributed by atoms with van der Waals surface area (Å²) in [4.78, 5) is 12.5. The van der Waals surface area contributed by atoms with Crippen LogP contribution in [0.3, 0.4) is 0 Å². The first-order valence-electron chi connectivity index (χ1n) is 7.36. The minimum absolute atomic E-state index is 0.0103. The molecule has 2 aliphatic carbocycles. The van der Waals surface area contributed by atoms with Gasteiger partial charge in [-0.1, -0.05) is 12.8 Å². The van der Waals surface area contributed by atoms with Gasteiger partial charge in [0.1, 0.15) is 10.6 Å². The van der Waals surface area contributed by atoms with Crippen LogP contribution < -0.4 is 10.5 Å². The third-order valence-corrected chi connectivity index (χ3v) is 5.33. The second kappa shape index (κ2) is 4.84. The number of hydrogen-bond donors (Lipinski definition) is 2. The Morgan fingerprint density at radius 3 is 2.52 bits per heavy atom. The Bertz CT molecular complexity index is 668. The number of carbonyl (C=O) groups is 1. The van der Waals surface area contributed by atoms with E-state index < -0.39 is 10.0 Å². The molecule has 2 saturated carbocycles. The molecule has 21 heavy (non-hydrogen) atoms. The van der Waals surface area contributed by atoms with Crippen LogP contribution in [-0.4, -0.2) is 24.4 Å². The van der Waals surface area contributed by atoms with Crippen molar-refractivity contribution in [3.63, 3.8) is 0 Å². The largest absolute Gasteiger partial charge is 0.346 e. The zero-order chi connectivity index (χ0) is 15.3. The summed E-state index contributed by atoms with van der Waals surface area (Å²) in [6.45, 7) is 2.04. The number of aromatic nitrogens is 1. The summed E-state index contributed by atoms with van der Waals surface area (Å²) >= 11 is 0. The molecule has 3 rings (SSSR count). The van der Waals surface area contributed by atoms with Gasteiger partial charge in [0.2, 0.25) is 10.0 Å². The van der Waals surface area contributed by atoms with Gasteiger partial charge in [0.25, 0.3) is 5.91 Å². The maximum Gasteiger partial charge on any atom is 0.268 e. The molecule has 0 atom stereocenters. The van der Waals surface area contributed by atoms with E-state index in [0.29, 0.717) is 5.69 Å². The van der Waals surface area contributed by atoms with E-state index in [1.54, 1.807) is 4.57 Å². The molecule has 1 aromatic rings. The van der Waals surface area contributed by atoms with Crippen LogP contribution in [0.25, 0.3) is 0 Å². The molecule has 1 aromatic heterocycles. The lowest BCUT2D eigenvalue weighted by atomic mass is 10.0. The summed E-state index contributed by atoms with van der Waals surface area (Å²) in [6.07, 6.45) is 7.58. The molecule has 0 unspecified atom stereocenters. The Morgan fingerprint density at radius 2 is 2.00 bits per heavy atom. The lowest BCUT2D eigenvalue weighted by Gasteiger charge is -2.25. The highest BCUT2D eigenvalue weighted by atomic mass is 32.2. The summed E-state index contributed by atoms with van der Waals surface area (Å²) in [6, 6.07) is 1.61. The van der Waals surface area contributed by atoms with E-state index in [9.17, 15) is 13.2 Å².